The molecule has 0 aliphatic rings. The third-order valence-corrected chi connectivity index (χ3v) is 6.83. The molecule has 8 nitrogen and oxygen atoms in total. The number of halogens is 1. The van der Waals surface area contributed by atoms with Crippen LogP contribution in [0.15, 0.2) is 91.6 Å². The maximum atomic E-state index is 14.5. The zero-order chi connectivity index (χ0) is 29.8. The standard InChI is InChI=1S/C33H35FN8/c1-7-22(14-25(8-2)38-20(3)19-42(5)6)29-15-27-31(18-37-29)40-41-33(27)30-16-26-28(39-30)9-10-36-32(26)23-11-21(17-35-4)12-24(34)13-23/h7-16,18,35,38-39H,2-3,17,19H2,1,4-6H3,(H,40,41)/b22-7+,25-14+. The van der Waals surface area contributed by atoms with Gasteiger partial charge in [0.05, 0.1) is 28.8 Å². The quantitative estimate of drug-likeness (QED) is 0.144. The molecule has 0 aliphatic heterocycles. The Morgan fingerprint density at radius 1 is 1.07 bits per heavy atom. The molecule has 5 aromatic rings. The number of H-pyrrole nitrogens is 2. The normalized spacial score (nSPS) is 12.4. The van der Waals surface area contributed by atoms with Crippen molar-refractivity contribution in [1.29, 1.82) is 0 Å². The zero-order valence-corrected chi connectivity index (χ0v) is 24.3. The minimum Gasteiger partial charge on any atom is -0.358 e. The predicted octanol–water partition coefficient (Wildman–Crippen LogP) is 6.16. The summed E-state index contributed by atoms with van der Waals surface area (Å²) in [6, 6.07) is 11.0. The van der Waals surface area contributed by atoms with Gasteiger partial charge in [-0.2, -0.15) is 5.10 Å². The van der Waals surface area contributed by atoms with Gasteiger partial charge in [-0.1, -0.05) is 19.2 Å². The summed E-state index contributed by atoms with van der Waals surface area (Å²) in [7, 11) is 5.83. The number of aromatic amines is 2. The monoisotopic (exact) mass is 562 g/mol. The first-order valence-corrected chi connectivity index (χ1v) is 13.7. The van der Waals surface area contributed by atoms with Gasteiger partial charge in [0, 0.05) is 52.5 Å². The molecule has 42 heavy (non-hydrogen) atoms. The second-order valence-corrected chi connectivity index (χ2v) is 10.4. The molecule has 0 fully saturated rings. The van der Waals surface area contributed by atoms with E-state index in [1.807, 2.05) is 69.4 Å². The van der Waals surface area contributed by atoms with Crippen molar-refractivity contribution in [3.05, 3.63) is 109 Å². The summed E-state index contributed by atoms with van der Waals surface area (Å²) in [6.07, 6.45) is 9.30. The fourth-order valence-electron chi connectivity index (χ4n) is 5.03. The Morgan fingerprint density at radius 3 is 2.62 bits per heavy atom. The highest BCUT2D eigenvalue weighted by Crippen LogP contribution is 2.34. The minimum atomic E-state index is -0.295. The first-order chi connectivity index (χ1) is 20.3. The lowest BCUT2D eigenvalue weighted by Crippen LogP contribution is -2.23. The van der Waals surface area contributed by atoms with Crippen LogP contribution in [-0.2, 0) is 6.54 Å². The van der Waals surface area contributed by atoms with Crippen LogP contribution in [0.1, 0.15) is 18.2 Å². The van der Waals surface area contributed by atoms with Gasteiger partial charge in [-0.15, -0.1) is 0 Å². The van der Waals surface area contributed by atoms with E-state index in [1.54, 1.807) is 18.5 Å². The van der Waals surface area contributed by atoms with Gasteiger partial charge in [-0.25, -0.2) is 4.39 Å². The fraction of sp³-hybridized carbons (Fsp3) is 0.182. The summed E-state index contributed by atoms with van der Waals surface area (Å²) in [4.78, 5) is 14.8. The molecule has 0 atom stereocenters. The number of aromatic nitrogens is 5. The number of nitrogens with one attached hydrogen (secondary N) is 4. The largest absolute Gasteiger partial charge is 0.358 e. The maximum Gasteiger partial charge on any atom is 0.124 e. The van der Waals surface area contributed by atoms with Crippen molar-refractivity contribution in [3.8, 4) is 22.6 Å². The maximum absolute atomic E-state index is 14.5. The van der Waals surface area contributed by atoms with Crippen molar-refractivity contribution in [1.82, 2.24) is 40.7 Å². The van der Waals surface area contributed by atoms with Crippen LogP contribution in [0.4, 0.5) is 4.39 Å². The van der Waals surface area contributed by atoms with Gasteiger partial charge in [-0.05, 0) is 87.8 Å². The second kappa shape index (κ2) is 12.3. The minimum absolute atomic E-state index is 0.295. The van der Waals surface area contributed by atoms with Crippen molar-refractivity contribution in [2.75, 3.05) is 27.7 Å². The van der Waals surface area contributed by atoms with Crippen molar-refractivity contribution >= 4 is 27.4 Å². The van der Waals surface area contributed by atoms with Gasteiger partial charge < -0.3 is 20.5 Å². The Hall–Kier alpha value is -4.86. The molecule has 4 N–H and O–H groups in total. The number of hydrogen-bond donors (Lipinski definition) is 4. The molecule has 1 aromatic carbocycles. The Kier molecular flexibility index (Phi) is 8.42. The van der Waals surface area contributed by atoms with E-state index >= 15 is 0 Å². The number of pyridine rings is 2. The van der Waals surface area contributed by atoms with Crippen LogP contribution in [0.25, 0.3) is 50.0 Å². The van der Waals surface area contributed by atoms with E-state index in [-0.39, 0.29) is 5.82 Å². The number of likely N-dealkylation sites (N-methyl/N-ethyl adjacent to an activating group) is 1. The molecule has 4 heterocycles. The molecular formula is C33H35FN8. The zero-order valence-electron chi connectivity index (χ0n) is 24.3. The fourth-order valence-corrected chi connectivity index (χ4v) is 5.03. The number of rotatable bonds is 11. The lowest BCUT2D eigenvalue weighted by atomic mass is 10.0. The number of hydrogen-bond acceptors (Lipinski definition) is 6. The van der Waals surface area contributed by atoms with Crippen LogP contribution in [0.3, 0.4) is 0 Å². The molecule has 0 radical (unpaired) electrons. The van der Waals surface area contributed by atoms with Crippen LogP contribution < -0.4 is 10.6 Å². The Morgan fingerprint density at radius 2 is 1.88 bits per heavy atom. The Bertz CT molecular complexity index is 1840. The molecule has 0 amide bonds. The number of fused-ring (bicyclic) bond motifs is 2. The van der Waals surface area contributed by atoms with E-state index in [2.05, 4.69) is 44.0 Å². The highest BCUT2D eigenvalue weighted by Gasteiger charge is 2.16. The third-order valence-electron chi connectivity index (χ3n) is 6.83. The van der Waals surface area contributed by atoms with E-state index in [0.717, 1.165) is 67.0 Å². The molecule has 9 heteroatoms. The summed E-state index contributed by atoms with van der Waals surface area (Å²) in [5.74, 6) is -0.295. The molecule has 0 saturated carbocycles. The summed E-state index contributed by atoms with van der Waals surface area (Å²) in [5.41, 5.74) is 8.97. The molecule has 0 aliphatic carbocycles. The van der Waals surface area contributed by atoms with Crippen molar-refractivity contribution in [2.45, 2.75) is 13.5 Å². The lowest BCUT2D eigenvalue weighted by Gasteiger charge is -2.15. The SMILES string of the molecule is C=C/C(=C\C(=C/C)c1cc2c(-c3cc4c(-c5cc(F)cc(CNC)c5)nccc4[nH]3)n[nH]c2cn1)NC(=C)CN(C)C. The molecule has 0 spiro atoms. The van der Waals surface area contributed by atoms with Crippen LogP contribution in [0.5, 0.6) is 0 Å². The van der Waals surface area contributed by atoms with Crippen LogP contribution in [0.2, 0.25) is 0 Å². The summed E-state index contributed by atoms with van der Waals surface area (Å²) in [5, 5.41) is 15.9. The number of benzene rings is 1. The summed E-state index contributed by atoms with van der Waals surface area (Å²) in [6.45, 7) is 11.3. The van der Waals surface area contributed by atoms with Crippen LogP contribution in [-0.4, -0.2) is 57.7 Å². The molecule has 5 rings (SSSR count). The average Bonchev–Trinajstić information content (AvgIpc) is 3.58. The first-order valence-electron chi connectivity index (χ1n) is 13.7. The number of nitrogens with zero attached hydrogens (tertiary/aromatic N) is 4. The van der Waals surface area contributed by atoms with E-state index in [1.165, 1.54) is 12.1 Å². The second-order valence-electron chi connectivity index (χ2n) is 10.4. The van der Waals surface area contributed by atoms with Gasteiger partial charge in [0.1, 0.15) is 11.5 Å². The van der Waals surface area contributed by atoms with Gasteiger partial charge in [-0.3, -0.25) is 15.1 Å². The number of allylic oxidation sites excluding steroid dienone is 4. The highest BCUT2D eigenvalue weighted by atomic mass is 19.1. The molecular weight excluding hydrogens is 527 g/mol. The topological polar surface area (TPSA) is 97.5 Å². The smallest absolute Gasteiger partial charge is 0.124 e. The van der Waals surface area contributed by atoms with Gasteiger partial charge in [0.15, 0.2) is 0 Å². The van der Waals surface area contributed by atoms with Crippen molar-refractivity contribution < 1.29 is 4.39 Å². The van der Waals surface area contributed by atoms with Gasteiger partial charge in [0.2, 0.25) is 0 Å². The van der Waals surface area contributed by atoms with Gasteiger partial charge >= 0.3 is 0 Å². The third kappa shape index (κ3) is 6.07. The van der Waals surface area contributed by atoms with Crippen molar-refractivity contribution in [3.63, 3.8) is 0 Å². The lowest BCUT2D eigenvalue weighted by molar-refractivity contribution is 0.438. The van der Waals surface area contributed by atoms with E-state index < -0.39 is 0 Å². The molecule has 0 bridgehead atoms. The molecule has 4 aromatic heterocycles. The molecule has 214 valence electrons. The Labute approximate surface area is 244 Å². The van der Waals surface area contributed by atoms with Crippen LogP contribution in [0, 0.1) is 5.82 Å². The predicted molar refractivity (Wildman–Crippen MR) is 170 cm³/mol. The summed E-state index contributed by atoms with van der Waals surface area (Å²) >= 11 is 0. The summed E-state index contributed by atoms with van der Waals surface area (Å²) < 4.78 is 14.5. The average molecular weight is 563 g/mol. The Balaban J connectivity index is 1.53. The van der Waals surface area contributed by atoms with E-state index in [4.69, 9.17) is 4.98 Å². The highest BCUT2D eigenvalue weighted by molar-refractivity contribution is 6.00. The van der Waals surface area contributed by atoms with Gasteiger partial charge in [0.25, 0.3) is 0 Å². The van der Waals surface area contributed by atoms with Crippen LogP contribution >= 0.6 is 0 Å². The van der Waals surface area contributed by atoms with E-state index in [0.29, 0.717) is 18.8 Å². The van der Waals surface area contributed by atoms with E-state index in [9.17, 15) is 4.39 Å². The first kappa shape index (κ1) is 28.7. The molecule has 0 saturated heterocycles. The van der Waals surface area contributed by atoms with Crippen molar-refractivity contribution in [2.24, 2.45) is 0 Å². The molecule has 0 unspecified atom stereocenters.